The highest BCUT2D eigenvalue weighted by Crippen LogP contribution is 2.50. The van der Waals surface area contributed by atoms with Crippen molar-refractivity contribution >= 4 is 25.4 Å². The molecule has 11 heteroatoms. The van der Waals surface area contributed by atoms with Crippen molar-refractivity contribution in [3.8, 4) is 5.75 Å². The summed E-state index contributed by atoms with van der Waals surface area (Å²) in [7, 11) is -3.96. The van der Waals surface area contributed by atoms with Crippen LogP contribution in [0.4, 0.5) is 0 Å². The van der Waals surface area contributed by atoms with Gasteiger partial charge in [0.15, 0.2) is 0 Å². The molecule has 0 aliphatic heterocycles. The Labute approximate surface area is 156 Å². The molecule has 0 saturated heterocycles. The first-order chi connectivity index (χ1) is 12.7. The highest BCUT2D eigenvalue weighted by Gasteiger charge is 2.34. The van der Waals surface area contributed by atoms with E-state index in [9.17, 15) is 18.9 Å². The van der Waals surface area contributed by atoms with Crippen LogP contribution in [-0.4, -0.2) is 52.9 Å². The van der Waals surface area contributed by atoms with Gasteiger partial charge in [-0.05, 0) is 25.0 Å². The summed E-state index contributed by atoms with van der Waals surface area (Å²) >= 11 is 0. The van der Waals surface area contributed by atoms with Gasteiger partial charge in [0, 0.05) is 0 Å². The molecule has 0 spiro atoms. The number of carbonyl (C=O) groups excluding carboxylic acids is 1. The maximum Gasteiger partial charge on any atom is 0.380 e. The number of carboxylic acid groups (broad SMARTS) is 2. The molecule has 0 bridgehead atoms. The Kier molecular flexibility index (Phi) is 8.93. The topological polar surface area (TPSA) is 165 Å². The molecule has 2 unspecified atom stereocenters. The Morgan fingerprint density at radius 1 is 1.22 bits per heavy atom. The van der Waals surface area contributed by atoms with E-state index in [-0.39, 0.29) is 24.8 Å². The zero-order valence-corrected chi connectivity index (χ0v) is 15.6. The molecule has 1 aromatic rings. The molecule has 150 valence electrons. The van der Waals surface area contributed by atoms with Gasteiger partial charge in [0.25, 0.3) is 0 Å². The van der Waals surface area contributed by atoms with Crippen LogP contribution < -0.4 is 15.6 Å². The number of rotatable bonds is 12. The summed E-state index contributed by atoms with van der Waals surface area (Å²) in [5.74, 6) is -3.06. The molecule has 0 fully saturated rings. The molecule has 0 radical (unpaired) electrons. The van der Waals surface area contributed by atoms with E-state index in [4.69, 9.17) is 25.0 Å². The first-order valence-corrected chi connectivity index (χ1v) is 9.89. The molecule has 0 heterocycles. The largest absolute Gasteiger partial charge is 0.480 e. The van der Waals surface area contributed by atoms with Crippen LogP contribution in [0, 0.1) is 0 Å². The second kappa shape index (κ2) is 10.7. The fourth-order valence-electron chi connectivity index (χ4n) is 1.96. The summed E-state index contributed by atoms with van der Waals surface area (Å²) in [6.07, 6.45) is -1.68. The number of carboxylic acids is 2. The van der Waals surface area contributed by atoms with Gasteiger partial charge in [0.1, 0.15) is 24.4 Å². The number of hydrogen-bond donors (Lipinski definition) is 4. The van der Waals surface area contributed by atoms with Gasteiger partial charge in [-0.15, -0.1) is 0 Å². The summed E-state index contributed by atoms with van der Waals surface area (Å²) in [4.78, 5) is 33.5. The minimum absolute atomic E-state index is 0.0958. The van der Waals surface area contributed by atoms with Gasteiger partial charge in [-0.2, -0.15) is 0 Å². The zero-order chi connectivity index (χ0) is 20.4. The van der Waals surface area contributed by atoms with E-state index in [0.29, 0.717) is 0 Å². The van der Waals surface area contributed by atoms with Gasteiger partial charge < -0.3 is 25.8 Å². The summed E-state index contributed by atoms with van der Waals surface area (Å²) < 4.78 is 24.0. The highest BCUT2D eigenvalue weighted by atomic mass is 31.2. The average molecular weight is 402 g/mol. The lowest BCUT2D eigenvalue weighted by Crippen LogP contribution is -2.39. The van der Waals surface area contributed by atoms with Gasteiger partial charge in [-0.3, -0.25) is 18.9 Å². The molecule has 0 saturated carbocycles. The van der Waals surface area contributed by atoms with Gasteiger partial charge in [-0.25, -0.2) is 4.57 Å². The van der Waals surface area contributed by atoms with Gasteiger partial charge >= 0.3 is 19.5 Å². The fourth-order valence-corrected chi connectivity index (χ4v) is 3.87. The van der Waals surface area contributed by atoms with Crippen LogP contribution in [0.5, 0.6) is 5.75 Å². The number of nitrogens with two attached hydrogens (primary N) is 1. The third-order valence-corrected chi connectivity index (χ3v) is 5.25. The van der Waals surface area contributed by atoms with Crippen molar-refractivity contribution in [2.75, 3.05) is 12.7 Å². The Hall–Kier alpha value is -2.42. The molecule has 5 N–H and O–H groups in total. The third kappa shape index (κ3) is 8.21. The lowest BCUT2D eigenvalue weighted by Gasteiger charge is -2.24. The van der Waals surface area contributed by atoms with E-state index in [1.807, 2.05) is 0 Å². The number of hydrogen-bond acceptors (Lipinski definition) is 7. The van der Waals surface area contributed by atoms with Crippen LogP contribution >= 0.6 is 7.60 Å². The van der Waals surface area contributed by atoms with E-state index in [2.05, 4.69) is 5.32 Å². The minimum Gasteiger partial charge on any atom is -0.480 e. The van der Waals surface area contributed by atoms with Gasteiger partial charge in [0.05, 0.1) is 6.16 Å². The SMILES string of the molecule is CC[C@H](OP(=O)(CCC(N)C(=O)O)Oc1ccccc1)C(=O)NCC(=O)O. The first-order valence-electron chi connectivity index (χ1n) is 8.17. The monoisotopic (exact) mass is 402 g/mol. The fraction of sp³-hybridized carbons (Fsp3) is 0.438. The molecule has 1 aromatic carbocycles. The lowest BCUT2D eigenvalue weighted by molar-refractivity contribution is -0.139. The summed E-state index contributed by atoms with van der Waals surface area (Å²) in [6, 6.07) is 6.77. The normalized spacial score (nSPS) is 15.2. The standard InChI is InChI=1S/C16H23N2O8P/c1-2-13(15(21)18-10-14(19)20)26-27(24,9-8-12(17)16(22)23)25-11-6-4-3-5-7-11/h3-7,12-13H,2,8-10,17H2,1H3,(H,18,21)(H,19,20)(H,22,23)/t12?,13-,27?/m0/s1. The molecule has 10 nitrogen and oxygen atoms in total. The van der Waals surface area contributed by atoms with Crippen LogP contribution in [0.2, 0.25) is 0 Å². The summed E-state index contributed by atoms with van der Waals surface area (Å²) in [6.45, 7) is 0.966. The Morgan fingerprint density at radius 2 is 1.85 bits per heavy atom. The smallest absolute Gasteiger partial charge is 0.380 e. The average Bonchev–Trinajstić information content (AvgIpc) is 2.63. The molecule has 1 amide bonds. The van der Waals surface area contributed by atoms with Crippen molar-refractivity contribution in [1.82, 2.24) is 5.32 Å². The number of carbonyl (C=O) groups is 3. The van der Waals surface area contributed by atoms with Crippen LogP contribution in [0.3, 0.4) is 0 Å². The molecule has 1 rings (SSSR count). The van der Waals surface area contributed by atoms with Crippen molar-refractivity contribution in [1.29, 1.82) is 0 Å². The number of benzene rings is 1. The van der Waals surface area contributed by atoms with Gasteiger partial charge in [-0.1, -0.05) is 25.1 Å². The van der Waals surface area contributed by atoms with E-state index in [1.54, 1.807) is 25.1 Å². The maximum absolute atomic E-state index is 13.1. The molecular formula is C16H23N2O8P. The van der Waals surface area contributed by atoms with Crippen molar-refractivity contribution in [3.05, 3.63) is 30.3 Å². The van der Waals surface area contributed by atoms with Crippen molar-refractivity contribution < 1.29 is 38.2 Å². The van der Waals surface area contributed by atoms with Gasteiger partial charge in [0.2, 0.25) is 5.91 Å². The maximum atomic E-state index is 13.1. The van der Waals surface area contributed by atoms with E-state index in [1.165, 1.54) is 12.1 Å². The highest BCUT2D eigenvalue weighted by molar-refractivity contribution is 7.54. The zero-order valence-electron chi connectivity index (χ0n) is 14.7. The summed E-state index contributed by atoms with van der Waals surface area (Å²) in [5.41, 5.74) is 5.44. The van der Waals surface area contributed by atoms with E-state index >= 15 is 0 Å². The molecule has 0 aliphatic carbocycles. The van der Waals surface area contributed by atoms with Crippen LogP contribution in [0.25, 0.3) is 0 Å². The predicted octanol–water partition coefficient (Wildman–Crippen LogP) is 1.06. The quantitative estimate of drug-likeness (QED) is 0.374. The molecule has 3 atom stereocenters. The summed E-state index contributed by atoms with van der Waals surface area (Å²) in [5, 5.41) is 19.7. The van der Waals surface area contributed by atoms with Crippen molar-refractivity contribution in [2.45, 2.75) is 31.9 Å². The number of para-hydroxylation sites is 1. The Bertz CT molecular complexity index is 697. The second-order valence-electron chi connectivity index (χ2n) is 5.59. The van der Waals surface area contributed by atoms with E-state index < -0.39 is 44.1 Å². The first kappa shape index (κ1) is 22.6. The van der Waals surface area contributed by atoms with Crippen LogP contribution in [0.15, 0.2) is 30.3 Å². The molecule has 0 aliphatic rings. The number of nitrogens with one attached hydrogen (secondary N) is 1. The lowest BCUT2D eigenvalue weighted by atomic mass is 10.2. The van der Waals surface area contributed by atoms with Crippen LogP contribution in [0.1, 0.15) is 19.8 Å². The third-order valence-electron chi connectivity index (χ3n) is 3.38. The van der Waals surface area contributed by atoms with Crippen LogP contribution in [-0.2, 0) is 23.5 Å². The number of aliphatic carboxylic acids is 2. The number of amides is 1. The molecule has 0 aromatic heterocycles. The Balaban J connectivity index is 2.93. The molecule has 27 heavy (non-hydrogen) atoms. The molecular weight excluding hydrogens is 379 g/mol. The van der Waals surface area contributed by atoms with Crippen molar-refractivity contribution in [2.24, 2.45) is 5.73 Å². The predicted molar refractivity (Wildman–Crippen MR) is 95.6 cm³/mol. The van der Waals surface area contributed by atoms with Crippen molar-refractivity contribution in [3.63, 3.8) is 0 Å². The second-order valence-corrected chi connectivity index (χ2v) is 7.65. The Morgan fingerprint density at radius 3 is 2.37 bits per heavy atom. The van der Waals surface area contributed by atoms with E-state index in [0.717, 1.165) is 0 Å². The minimum atomic E-state index is -3.96.